The first-order valence-corrected chi connectivity index (χ1v) is 7.27. The molecule has 19 heavy (non-hydrogen) atoms. The molecule has 0 amide bonds. The predicted molar refractivity (Wildman–Crippen MR) is 84.7 cm³/mol. The van der Waals surface area contributed by atoms with E-state index >= 15 is 0 Å². The number of hydrogen-bond donors (Lipinski definition) is 0. The van der Waals surface area contributed by atoms with Crippen LogP contribution in [-0.2, 0) is 11.3 Å². The fraction of sp³-hybridized carbons (Fsp3) is 0.0714. The normalized spacial score (nSPS) is 10.3. The van der Waals surface area contributed by atoms with E-state index in [0.717, 1.165) is 9.13 Å². The van der Waals surface area contributed by atoms with Crippen molar-refractivity contribution < 1.29 is 9.53 Å². The van der Waals surface area contributed by atoms with Gasteiger partial charge in [0.15, 0.2) is 0 Å². The summed E-state index contributed by atoms with van der Waals surface area (Å²) in [6.07, 6.45) is 0. The van der Waals surface area contributed by atoms with Gasteiger partial charge >= 0.3 is 5.97 Å². The molecule has 2 nitrogen and oxygen atoms in total. The molecular formula is C14H9Cl2IO2. The fourth-order valence-electron chi connectivity index (χ4n) is 1.49. The van der Waals surface area contributed by atoms with Gasteiger partial charge in [-0.3, -0.25) is 0 Å². The van der Waals surface area contributed by atoms with Gasteiger partial charge in [-0.1, -0.05) is 41.4 Å². The van der Waals surface area contributed by atoms with Crippen molar-refractivity contribution in [2.75, 3.05) is 0 Å². The number of ether oxygens (including phenoxy) is 1. The van der Waals surface area contributed by atoms with Crippen molar-refractivity contribution in [2.24, 2.45) is 0 Å². The van der Waals surface area contributed by atoms with Crippen molar-refractivity contribution in [1.82, 2.24) is 0 Å². The summed E-state index contributed by atoms with van der Waals surface area (Å²) in [7, 11) is 0. The quantitative estimate of drug-likeness (QED) is 0.532. The van der Waals surface area contributed by atoms with Gasteiger partial charge in [0.1, 0.15) is 6.61 Å². The number of carbonyl (C=O) groups is 1. The Balaban J connectivity index is 2.07. The first-order valence-electron chi connectivity index (χ1n) is 5.43. The maximum atomic E-state index is 11.9. The molecule has 0 spiro atoms. The van der Waals surface area contributed by atoms with E-state index in [1.54, 1.807) is 30.3 Å². The topological polar surface area (TPSA) is 26.3 Å². The number of rotatable bonds is 3. The highest BCUT2D eigenvalue weighted by molar-refractivity contribution is 14.1. The third kappa shape index (κ3) is 3.84. The zero-order valence-corrected chi connectivity index (χ0v) is 13.4. The molecule has 2 aromatic rings. The maximum absolute atomic E-state index is 11.9. The summed E-state index contributed by atoms with van der Waals surface area (Å²) in [5, 5.41) is 1.04. The second-order valence-electron chi connectivity index (χ2n) is 3.79. The van der Waals surface area contributed by atoms with Gasteiger partial charge in [-0.15, -0.1) is 0 Å². The van der Waals surface area contributed by atoms with Crippen LogP contribution in [0.1, 0.15) is 15.9 Å². The van der Waals surface area contributed by atoms with Gasteiger partial charge in [-0.05, 0) is 46.9 Å². The van der Waals surface area contributed by atoms with E-state index in [1.165, 1.54) is 0 Å². The zero-order chi connectivity index (χ0) is 13.8. The SMILES string of the molecule is O=C(OCc1ccc(Cl)cc1Cl)c1ccccc1I. The van der Waals surface area contributed by atoms with Crippen LogP contribution >= 0.6 is 45.8 Å². The molecule has 0 aliphatic rings. The first-order chi connectivity index (χ1) is 9.08. The smallest absolute Gasteiger partial charge is 0.339 e. The minimum Gasteiger partial charge on any atom is -0.457 e. The van der Waals surface area contributed by atoms with E-state index in [2.05, 4.69) is 22.6 Å². The summed E-state index contributed by atoms with van der Waals surface area (Å²) in [4.78, 5) is 11.9. The Morgan fingerprint density at radius 1 is 1.16 bits per heavy atom. The highest BCUT2D eigenvalue weighted by Gasteiger charge is 2.11. The molecule has 0 saturated heterocycles. The van der Waals surface area contributed by atoms with Gasteiger partial charge in [0.05, 0.1) is 5.56 Å². The molecule has 98 valence electrons. The molecule has 0 saturated carbocycles. The molecule has 0 N–H and O–H groups in total. The lowest BCUT2D eigenvalue weighted by Crippen LogP contribution is -2.07. The van der Waals surface area contributed by atoms with Crippen molar-refractivity contribution in [3.8, 4) is 0 Å². The lowest BCUT2D eigenvalue weighted by atomic mass is 10.2. The van der Waals surface area contributed by atoms with Crippen molar-refractivity contribution in [3.63, 3.8) is 0 Å². The van der Waals surface area contributed by atoms with Crippen LogP contribution in [0.2, 0.25) is 10.0 Å². The molecule has 0 unspecified atom stereocenters. The molecule has 0 bridgehead atoms. The van der Waals surface area contributed by atoms with Crippen LogP contribution in [0.3, 0.4) is 0 Å². The van der Waals surface area contributed by atoms with E-state index in [9.17, 15) is 4.79 Å². The summed E-state index contributed by atoms with van der Waals surface area (Å²) < 4.78 is 6.10. The van der Waals surface area contributed by atoms with Crippen molar-refractivity contribution in [1.29, 1.82) is 0 Å². The summed E-state index contributed by atoms with van der Waals surface area (Å²) in [6, 6.07) is 12.3. The molecule has 0 atom stereocenters. The zero-order valence-electron chi connectivity index (χ0n) is 9.70. The average Bonchev–Trinajstić information content (AvgIpc) is 2.38. The average molecular weight is 407 g/mol. The van der Waals surface area contributed by atoms with Crippen LogP contribution in [0.25, 0.3) is 0 Å². The van der Waals surface area contributed by atoms with Crippen LogP contribution in [0, 0.1) is 3.57 Å². The fourth-order valence-corrected chi connectivity index (χ4v) is 2.56. The van der Waals surface area contributed by atoms with Crippen molar-refractivity contribution in [2.45, 2.75) is 6.61 Å². The lowest BCUT2D eigenvalue weighted by molar-refractivity contribution is 0.0471. The Morgan fingerprint density at radius 3 is 2.58 bits per heavy atom. The molecule has 2 aromatic carbocycles. The maximum Gasteiger partial charge on any atom is 0.339 e. The van der Waals surface area contributed by atoms with Gasteiger partial charge in [-0.2, -0.15) is 0 Å². The van der Waals surface area contributed by atoms with E-state index in [4.69, 9.17) is 27.9 Å². The highest BCUT2D eigenvalue weighted by Crippen LogP contribution is 2.22. The number of hydrogen-bond acceptors (Lipinski definition) is 2. The first kappa shape index (κ1) is 14.6. The molecule has 0 heterocycles. The molecule has 5 heteroatoms. The number of esters is 1. The largest absolute Gasteiger partial charge is 0.457 e. The number of halogens is 3. The molecule has 0 fully saturated rings. The second-order valence-corrected chi connectivity index (χ2v) is 5.80. The monoisotopic (exact) mass is 406 g/mol. The number of carbonyl (C=O) groups excluding carboxylic acids is 1. The third-order valence-electron chi connectivity index (χ3n) is 2.47. The second kappa shape index (κ2) is 6.59. The van der Waals surface area contributed by atoms with E-state index in [-0.39, 0.29) is 12.6 Å². The van der Waals surface area contributed by atoms with Crippen molar-refractivity contribution >= 4 is 51.8 Å². The van der Waals surface area contributed by atoms with Gasteiger partial charge in [0.2, 0.25) is 0 Å². The standard InChI is InChI=1S/C14H9Cl2IO2/c15-10-6-5-9(12(16)7-10)8-19-14(18)11-3-1-2-4-13(11)17/h1-7H,8H2. The Bertz CT molecular complexity index is 614. The number of benzene rings is 2. The summed E-state index contributed by atoms with van der Waals surface area (Å²) >= 11 is 13.9. The van der Waals surface area contributed by atoms with E-state index in [1.807, 2.05) is 12.1 Å². The Hall–Kier alpha value is -0.780. The summed E-state index contributed by atoms with van der Waals surface area (Å²) in [6.45, 7) is 0.125. The molecule has 0 aromatic heterocycles. The third-order valence-corrected chi connectivity index (χ3v) is 4.00. The molecule has 0 radical (unpaired) electrons. The van der Waals surface area contributed by atoms with Crippen LogP contribution < -0.4 is 0 Å². The van der Waals surface area contributed by atoms with Gasteiger partial charge in [0, 0.05) is 19.2 Å². The molecule has 2 rings (SSSR count). The van der Waals surface area contributed by atoms with Gasteiger partial charge in [-0.25, -0.2) is 4.79 Å². The molecular weight excluding hydrogens is 398 g/mol. The summed E-state index contributed by atoms with van der Waals surface area (Å²) in [5.41, 5.74) is 1.28. The van der Waals surface area contributed by atoms with E-state index in [0.29, 0.717) is 15.6 Å². The lowest BCUT2D eigenvalue weighted by Gasteiger charge is -2.08. The van der Waals surface area contributed by atoms with Gasteiger partial charge in [0.25, 0.3) is 0 Å². The van der Waals surface area contributed by atoms with E-state index < -0.39 is 0 Å². The minimum atomic E-state index is -0.365. The van der Waals surface area contributed by atoms with Crippen LogP contribution in [-0.4, -0.2) is 5.97 Å². The Morgan fingerprint density at radius 2 is 1.89 bits per heavy atom. The van der Waals surface area contributed by atoms with Gasteiger partial charge < -0.3 is 4.74 Å². The summed E-state index contributed by atoms with van der Waals surface area (Å²) in [5.74, 6) is -0.365. The Kier molecular flexibility index (Phi) is 5.07. The highest BCUT2D eigenvalue weighted by atomic mass is 127. The Labute approximate surface area is 134 Å². The van der Waals surface area contributed by atoms with Crippen molar-refractivity contribution in [3.05, 3.63) is 67.2 Å². The molecule has 0 aliphatic carbocycles. The van der Waals surface area contributed by atoms with Crippen LogP contribution in [0.5, 0.6) is 0 Å². The minimum absolute atomic E-state index is 0.125. The molecule has 0 aliphatic heterocycles. The predicted octanol–water partition coefficient (Wildman–Crippen LogP) is 4.96. The van der Waals surface area contributed by atoms with Crippen LogP contribution in [0.4, 0.5) is 0 Å². The van der Waals surface area contributed by atoms with Crippen LogP contribution in [0.15, 0.2) is 42.5 Å².